The number of cyclic esters (lactones) is 1. The van der Waals surface area contributed by atoms with Crippen molar-refractivity contribution in [3.8, 4) is 0 Å². The number of carbonyl (C=O) groups excluding carboxylic acids is 1. The molecule has 0 spiro atoms. The van der Waals surface area contributed by atoms with E-state index in [1.54, 1.807) is 24.3 Å². The van der Waals surface area contributed by atoms with E-state index in [4.69, 9.17) is 4.74 Å². The number of alkyl halides is 1. The second kappa shape index (κ2) is 5.29. The highest BCUT2D eigenvalue weighted by Crippen LogP contribution is 2.44. The van der Waals surface area contributed by atoms with E-state index in [1.807, 2.05) is 12.1 Å². The van der Waals surface area contributed by atoms with Gasteiger partial charge in [-0.25, -0.2) is 4.79 Å². The predicted molar refractivity (Wildman–Crippen MR) is 79.4 cm³/mol. The quantitative estimate of drug-likeness (QED) is 0.365. The molecule has 0 N–H and O–H groups in total. The van der Waals surface area contributed by atoms with E-state index in [-0.39, 0.29) is 16.5 Å². The molecule has 2 aromatic carbocycles. The highest BCUT2D eigenvalue weighted by Gasteiger charge is 2.36. The van der Waals surface area contributed by atoms with Crippen LogP contribution in [-0.2, 0) is 4.74 Å². The lowest BCUT2D eigenvalue weighted by atomic mass is 9.99. The summed E-state index contributed by atoms with van der Waals surface area (Å²) in [4.78, 5) is 21.9. The van der Waals surface area contributed by atoms with Crippen LogP contribution in [0.4, 0.5) is 5.69 Å². The van der Waals surface area contributed by atoms with E-state index in [2.05, 4.69) is 15.9 Å². The average Bonchev–Trinajstić information content (AvgIpc) is 2.84. The Morgan fingerprint density at radius 3 is 2.71 bits per heavy atom. The molecule has 6 heteroatoms. The van der Waals surface area contributed by atoms with Gasteiger partial charge in [0.25, 0.3) is 5.69 Å². The Kier molecular flexibility index (Phi) is 3.47. The topological polar surface area (TPSA) is 69.4 Å². The fourth-order valence-electron chi connectivity index (χ4n) is 2.38. The number of rotatable bonds is 3. The zero-order valence-corrected chi connectivity index (χ0v) is 12.3. The van der Waals surface area contributed by atoms with Gasteiger partial charge < -0.3 is 4.74 Å². The Bertz CT molecular complexity index is 731. The van der Waals surface area contributed by atoms with Gasteiger partial charge in [-0.3, -0.25) is 10.1 Å². The molecule has 0 saturated carbocycles. The van der Waals surface area contributed by atoms with Crippen LogP contribution in [-0.4, -0.2) is 10.9 Å². The van der Waals surface area contributed by atoms with Gasteiger partial charge in [0.1, 0.15) is 6.10 Å². The highest BCUT2D eigenvalue weighted by atomic mass is 79.9. The minimum atomic E-state index is -0.490. The molecule has 21 heavy (non-hydrogen) atoms. The summed E-state index contributed by atoms with van der Waals surface area (Å²) >= 11 is 3.49. The first-order chi connectivity index (χ1) is 10.1. The van der Waals surface area contributed by atoms with E-state index in [9.17, 15) is 14.9 Å². The first-order valence-electron chi connectivity index (χ1n) is 6.26. The molecule has 1 aliphatic rings. The lowest BCUT2D eigenvalue weighted by Crippen LogP contribution is -2.06. The maximum absolute atomic E-state index is 11.8. The first kappa shape index (κ1) is 13.8. The summed E-state index contributed by atoms with van der Waals surface area (Å²) in [6.07, 6.45) is -0.490. The van der Waals surface area contributed by atoms with Gasteiger partial charge in [0.05, 0.1) is 15.3 Å². The van der Waals surface area contributed by atoms with Crippen molar-refractivity contribution < 1.29 is 14.5 Å². The van der Waals surface area contributed by atoms with E-state index in [0.29, 0.717) is 11.1 Å². The second-order valence-electron chi connectivity index (χ2n) is 4.67. The predicted octanol–water partition coefficient (Wildman–Crippen LogP) is 3.94. The van der Waals surface area contributed by atoms with E-state index in [1.165, 1.54) is 12.1 Å². The normalized spacial score (nSPS) is 18.0. The third-order valence-corrected chi connectivity index (χ3v) is 4.40. The largest absolute Gasteiger partial charge is 0.452 e. The van der Waals surface area contributed by atoms with Crippen LogP contribution < -0.4 is 0 Å². The van der Waals surface area contributed by atoms with Gasteiger partial charge in [-0.2, -0.15) is 0 Å². The van der Waals surface area contributed by atoms with Crippen LogP contribution in [0, 0.1) is 10.1 Å². The number of non-ortho nitro benzene ring substituents is 1. The molecule has 0 fully saturated rings. The van der Waals surface area contributed by atoms with Crippen LogP contribution in [0.15, 0.2) is 48.5 Å². The first-order valence-corrected chi connectivity index (χ1v) is 7.18. The molecule has 1 heterocycles. The van der Waals surface area contributed by atoms with Crippen LogP contribution in [0.2, 0.25) is 0 Å². The van der Waals surface area contributed by atoms with Crippen molar-refractivity contribution >= 4 is 27.6 Å². The molecule has 0 amide bonds. The second-order valence-corrected chi connectivity index (χ2v) is 5.65. The van der Waals surface area contributed by atoms with Crippen molar-refractivity contribution in [1.82, 2.24) is 0 Å². The number of nitrogens with zero attached hydrogens (tertiary/aromatic N) is 1. The average molecular weight is 348 g/mol. The molecule has 5 nitrogen and oxygen atoms in total. The molecule has 3 rings (SSSR count). The number of hydrogen-bond acceptors (Lipinski definition) is 4. The van der Waals surface area contributed by atoms with Crippen LogP contribution >= 0.6 is 15.9 Å². The van der Waals surface area contributed by atoms with Gasteiger partial charge in [0, 0.05) is 17.7 Å². The number of ether oxygens (including phenoxy) is 1. The molecule has 0 radical (unpaired) electrons. The summed E-state index contributed by atoms with van der Waals surface area (Å²) < 4.78 is 5.39. The summed E-state index contributed by atoms with van der Waals surface area (Å²) in [7, 11) is 0. The number of halogens is 1. The van der Waals surface area contributed by atoms with Crippen LogP contribution in [0.25, 0.3) is 0 Å². The maximum atomic E-state index is 11.8. The number of nitro benzene ring substituents is 1. The third-order valence-electron chi connectivity index (χ3n) is 3.39. The fourth-order valence-corrected chi connectivity index (χ4v) is 3.05. The Labute approximate surface area is 128 Å². The van der Waals surface area contributed by atoms with Crippen LogP contribution in [0.5, 0.6) is 0 Å². The molecule has 2 aromatic rings. The van der Waals surface area contributed by atoms with Gasteiger partial charge in [-0.15, -0.1) is 0 Å². The van der Waals surface area contributed by atoms with Crippen molar-refractivity contribution in [2.75, 3.05) is 0 Å². The summed E-state index contributed by atoms with van der Waals surface area (Å²) in [6.45, 7) is 0. The van der Waals surface area contributed by atoms with Crippen molar-refractivity contribution in [3.05, 3.63) is 75.3 Å². The highest BCUT2D eigenvalue weighted by molar-refractivity contribution is 9.09. The van der Waals surface area contributed by atoms with E-state index in [0.717, 1.165) is 5.56 Å². The Morgan fingerprint density at radius 1 is 1.19 bits per heavy atom. The van der Waals surface area contributed by atoms with Crippen LogP contribution in [0.3, 0.4) is 0 Å². The lowest BCUT2D eigenvalue weighted by Gasteiger charge is -2.17. The maximum Gasteiger partial charge on any atom is 0.339 e. The number of benzene rings is 2. The zero-order chi connectivity index (χ0) is 15.0. The SMILES string of the molecule is O=C1OC(C(Br)c2cccc([N+](=O)[O-])c2)c2ccccc21. The fraction of sp³-hybridized carbons (Fsp3) is 0.133. The molecule has 1 aliphatic heterocycles. The van der Waals surface area contributed by atoms with Crippen molar-refractivity contribution in [1.29, 1.82) is 0 Å². The van der Waals surface area contributed by atoms with Crippen molar-refractivity contribution in [3.63, 3.8) is 0 Å². The lowest BCUT2D eigenvalue weighted by molar-refractivity contribution is -0.384. The van der Waals surface area contributed by atoms with Gasteiger partial charge in [0.15, 0.2) is 0 Å². The summed E-state index contributed by atoms with van der Waals surface area (Å²) in [5.41, 5.74) is 2.03. The van der Waals surface area contributed by atoms with Gasteiger partial charge in [-0.05, 0) is 11.6 Å². The monoisotopic (exact) mass is 347 g/mol. The minimum Gasteiger partial charge on any atom is -0.452 e. The van der Waals surface area contributed by atoms with Crippen molar-refractivity contribution in [2.45, 2.75) is 10.9 Å². The zero-order valence-electron chi connectivity index (χ0n) is 10.7. The number of nitro groups is 1. The Hall–Kier alpha value is -2.21. The summed E-state index contributed by atoms with van der Waals surface area (Å²) in [5, 5.41) is 10.9. The minimum absolute atomic E-state index is 0.00885. The van der Waals surface area contributed by atoms with Gasteiger partial charge in [-0.1, -0.05) is 46.3 Å². The molecule has 0 aliphatic carbocycles. The smallest absolute Gasteiger partial charge is 0.339 e. The van der Waals surface area contributed by atoms with Gasteiger partial charge in [0.2, 0.25) is 0 Å². The molecule has 0 aromatic heterocycles. The van der Waals surface area contributed by atoms with E-state index < -0.39 is 11.0 Å². The molecule has 2 unspecified atom stereocenters. The molecule has 106 valence electrons. The number of esters is 1. The number of carbonyl (C=O) groups is 1. The third kappa shape index (κ3) is 2.42. The molecular weight excluding hydrogens is 338 g/mol. The Morgan fingerprint density at radius 2 is 1.95 bits per heavy atom. The number of fused-ring (bicyclic) bond motifs is 1. The molecule has 0 bridgehead atoms. The van der Waals surface area contributed by atoms with Crippen molar-refractivity contribution in [2.24, 2.45) is 0 Å². The summed E-state index contributed by atoms with van der Waals surface area (Å²) in [6, 6.07) is 13.4. The molecule has 2 atom stereocenters. The molecular formula is C15H10BrNO4. The number of hydrogen-bond donors (Lipinski definition) is 0. The molecule has 0 saturated heterocycles. The van der Waals surface area contributed by atoms with Crippen LogP contribution in [0.1, 0.15) is 32.4 Å². The Balaban J connectivity index is 1.97. The standard InChI is InChI=1S/C15H10BrNO4/c16-13(9-4-3-5-10(8-9)17(19)20)14-11-6-1-2-7-12(11)15(18)21-14/h1-8,13-14H. The van der Waals surface area contributed by atoms with Gasteiger partial charge >= 0.3 is 5.97 Å². The van der Waals surface area contributed by atoms with E-state index >= 15 is 0 Å². The summed E-state index contributed by atoms with van der Waals surface area (Å²) in [5.74, 6) is -0.370.